The Hall–Kier alpha value is -2.45. The minimum atomic E-state index is -0.529. The van der Waals surface area contributed by atoms with Gasteiger partial charge in [0, 0.05) is 0 Å². The molecule has 24 heavy (non-hydrogen) atoms. The average molecular weight is 360 g/mol. The van der Waals surface area contributed by atoms with Gasteiger partial charge in [-0.15, -0.1) is 11.3 Å². The van der Waals surface area contributed by atoms with Crippen molar-refractivity contribution in [3.63, 3.8) is 0 Å². The zero-order chi connectivity index (χ0) is 17.1. The molecule has 6 nitrogen and oxygen atoms in total. The Kier molecular flexibility index (Phi) is 4.77. The molecule has 1 aromatic carbocycles. The van der Waals surface area contributed by atoms with Crippen LogP contribution >= 0.6 is 23.6 Å². The molecule has 1 amide bonds. The SMILES string of the molecule is COc1ccccc1NC(=O)[C@H](C)n1c(-c2cccs2)n[nH]c1=S. The van der Waals surface area contributed by atoms with Gasteiger partial charge in [0.2, 0.25) is 5.91 Å². The summed E-state index contributed by atoms with van der Waals surface area (Å²) in [6.45, 7) is 1.78. The molecule has 0 spiro atoms. The number of H-pyrrole nitrogens is 1. The standard InChI is InChI=1S/C16H16N4O2S2/c1-10(15(21)17-11-6-3-4-7-12(11)22-2)20-14(18-19-16(20)23)13-8-5-9-24-13/h3-10H,1-2H3,(H,17,21)(H,19,23)/t10-/m0/s1. The number of methoxy groups -OCH3 is 1. The molecule has 2 heterocycles. The van der Waals surface area contributed by atoms with Crippen molar-refractivity contribution in [1.82, 2.24) is 14.8 Å². The molecule has 0 bridgehead atoms. The van der Waals surface area contributed by atoms with Gasteiger partial charge in [0.05, 0.1) is 17.7 Å². The molecular weight excluding hydrogens is 344 g/mol. The maximum absolute atomic E-state index is 12.7. The van der Waals surface area contributed by atoms with Crippen LogP contribution in [0.5, 0.6) is 5.75 Å². The van der Waals surface area contributed by atoms with Crippen LogP contribution in [0.1, 0.15) is 13.0 Å². The molecule has 1 atom stereocenters. The van der Waals surface area contributed by atoms with Crippen molar-refractivity contribution in [2.24, 2.45) is 0 Å². The highest BCUT2D eigenvalue weighted by Gasteiger charge is 2.22. The van der Waals surface area contributed by atoms with Crippen molar-refractivity contribution in [3.05, 3.63) is 46.5 Å². The van der Waals surface area contributed by atoms with Gasteiger partial charge in [-0.05, 0) is 42.7 Å². The predicted molar refractivity (Wildman–Crippen MR) is 97.1 cm³/mol. The first-order chi connectivity index (χ1) is 11.6. The van der Waals surface area contributed by atoms with Crippen molar-refractivity contribution < 1.29 is 9.53 Å². The van der Waals surface area contributed by atoms with Crippen LogP contribution in [0.25, 0.3) is 10.7 Å². The summed E-state index contributed by atoms with van der Waals surface area (Å²) in [5.41, 5.74) is 0.615. The van der Waals surface area contributed by atoms with E-state index in [1.54, 1.807) is 42.1 Å². The number of thiophene rings is 1. The number of nitrogens with one attached hydrogen (secondary N) is 2. The van der Waals surface area contributed by atoms with E-state index in [1.165, 1.54) is 0 Å². The number of para-hydroxylation sites is 2. The van der Waals surface area contributed by atoms with Gasteiger partial charge in [0.15, 0.2) is 10.6 Å². The number of nitrogens with zero attached hydrogens (tertiary/aromatic N) is 2. The molecule has 0 saturated heterocycles. The number of amides is 1. The van der Waals surface area contributed by atoms with E-state index in [0.29, 0.717) is 22.0 Å². The summed E-state index contributed by atoms with van der Waals surface area (Å²) in [5, 5.41) is 11.9. The van der Waals surface area contributed by atoms with Gasteiger partial charge in [-0.2, -0.15) is 5.10 Å². The van der Waals surface area contributed by atoms with E-state index in [4.69, 9.17) is 17.0 Å². The molecule has 0 aliphatic rings. The number of anilines is 1. The molecule has 124 valence electrons. The molecule has 0 fully saturated rings. The Morgan fingerprint density at radius 1 is 1.38 bits per heavy atom. The molecule has 2 N–H and O–H groups in total. The highest BCUT2D eigenvalue weighted by molar-refractivity contribution is 7.71. The van der Waals surface area contributed by atoms with E-state index in [0.717, 1.165) is 4.88 Å². The van der Waals surface area contributed by atoms with Crippen LogP contribution in [0, 0.1) is 4.77 Å². The number of hydrogen-bond acceptors (Lipinski definition) is 5. The average Bonchev–Trinajstić information content (AvgIpc) is 3.24. The highest BCUT2D eigenvalue weighted by atomic mass is 32.1. The Morgan fingerprint density at radius 3 is 2.88 bits per heavy atom. The fourth-order valence-electron chi connectivity index (χ4n) is 2.35. The molecular formula is C16H16N4O2S2. The van der Waals surface area contributed by atoms with Crippen molar-refractivity contribution in [1.29, 1.82) is 0 Å². The van der Waals surface area contributed by atoms with Crippen LogP contribution in [-0.2, 0) is 4.79 Å². The van der Waals surface area contributed by atoms with Gasteiger partial charge in [-0.1, -0.05) is 18.2 Å². The predicted octanol–water partition coefficient (Wildman–Crippen LogP) is 3.88. The van der Waals surface area contributed by atoms with Gasteiger partial charge in [0.25, 0.3) is 0 Å². The molecule has 8 heteroatoms. The first-order valence-corrected chi connectivity index (χ1v) is 8.55. The Bertz CT molecular complexity index is 899. The van der Waals surface area contributed by atoms with Crippen LogP contribution < -0.4 is 10.1 Å². The number of carbonyl (C=O) groups excluding carboxylic acids is 1. The quantitative estimate of drug-likeness (QED) is 0.678. The van der Waals surface area contributed by atoms with Gasteiger partial charge in [0.1, 0.15) is 11.8 Å². The maximum Gasteiger partial charge on any atom is 0.247 e. The fraction of sp³-hybridized carbons (Fsp3) is 0.188. The van der Waals surface area contributed by atoms with Crippen molar-refractivity contribution in [2.45, 2.75) is 13.0 Å². The molecule has 3 rings (SSSR count). The lowest BCUT2D eigenvalue weighted by Gasteiger charge is -2.16. The van der Waals surface area contributed by atoms with Crippen molar-refractivity contribution in [3.8, 4) is 16.5 Å². The molecule has 3 aromatic rings. The lowest BCUT2D eigenvalue weighted by atomic mass is 10.2. The van der Waals surface area contributed by atoms with Crippen LogP contribution in [0.15, 0.2) is 41.8 Å². The minimum absolute atomic E-state index is 0.199. The molecule has 0 aliphatic heterocycles. The van der Waals surface area contributed by atoms with Crippen LogP contribution in [-0.4, -0.2) is 27.8 Å². The van der Waals surface area contributed by atoms with Crippen LogP contribution in [0.3, 0.4) is 0 Å². The number of hydrogen-bond donors (Lipinski definition) is 2. The van der Waals surface area contributed by atoms with Gasteiger partial charge in [-0.3, -0.25) is 14.5 Å². The second kappa shape index (κ2) is 6.98. The Morgan fingerprint density at radius 2 is 2.17 bits per heavy atom. The van der Waals surface area contributed by atoms with E-state index in [2.05, 4.69) is 15.5 Å². The summed E-state index contributed by atoms with van der Waals surface area (Å²) >= 11 is 6.84. The van der Waals surface area contributed by atoms with Crippen LogP contribution in [0.2, 0.25) is 0 Å². The minimum Gasteiger partial charge on any atom is -0.495 e. The second-order valence-corrected chi connectivity index (χ2v) is 6.40. The number of benzene rings is 1. The smallest absolute Gasteiger partial charge is 0.247 e. The van der Waals surface area contributed by atoms with Gasteiger partial charge in [-0.25, -0.2) is 0 Å². The molecule has 0 radical (unpaired) electrons. The summed E-state index contributed by atoms with van der Waals surface area (Å²) in [5.74, 6) is 1.06. The molecule has 0 aliphatic carbocycles. The van der Waals surface area contributed by atoms with E-state index in [1.807, 2.05) is 29.6 Å². The monoisotopic (exact) mass is 360 g/mol. The van der Waals surface area contributed by atoms with Crippen LogP contribution in [0.4, 0.5) is 5.69 Å². The summed E-state index contributed by atoms with van der Waals surface area (Å²) in [6, 6.07) is 10.6. The normalized spacial score (nSPS) is 11.9. The zero-order valence-corrected chi connectivity index (χ0v) is 14.8. The lowest BCUT2D eigenvalue weighted by molar-refractivity contribution is -0.118. The van der Waals surface area contributed by atoms with E-state index >= 15 is 0 Å². The number of aromatic amines is 1. The first kappa shape index (κ1) is 16.4. The van der Waals surface area contributed by atoms with Crippen molar-refractivity contribution in [2.75, 3.05) is 12.4 Å². The summed E-state index contributed by atoms with van der Waals surface area (Å²) in [6.07, 6.45) is 0. The number of rotatable bonds is 5. The number of aromatic nitrogens is 3. The van der Waals surface area contributed by atoms with E-state index in [-0.39, 0.29) is 5.91 Å². The molecule has 0 saturated carbocycles. The van der Waals surface area contributed by atoms with Gasteiger partial charge < -0.3 is 10.1 Å². The van der Waals surface area contributed by atoms with Gasteiger partial charge >= 0.3 is 0 Å². The van der Waals surface area contributed by atoms with E-state index < -0.39 is 6.04 Å². The molecule has 2 aromatic heterocycles. The number of ether oxygens (including phenoxy) is 1. The summed E-state index contributed by atoms with van der Waals surface area (Å²) < 4.78 is 7.38. The van der Waals surface area contributed by atoms with Crippen molar-refractivity contribution >= 4 is 35.1 Å². The number of carbonyl (C=O) groups is 1. The third-order valence-corrected chi connectivity index (χ3v) is 4.73. The molecule has 0 unspecified atom stereocenters. The third kappa shape index (κ3) is 3.10. The second-order valence-electron chi connectivity index (χ2n) is 5.07. The lowest BCUT2D eigenvalue weighted by Crippen LogP contribution is -2.24. The Labute approximate surface area is 148 Å². The third-order valence-electron chi connectivity index (χ3n) is 3.58. The Balaban J connectivity index is 1.90. The zero-order valence-electron chi connectivity index (χ0n) is 13.1. The summed E-state index contributed by atoms with van der Waals surface area (Å²) in [4.78, 5) is 13.6. The first-order valence-electron chi connectivity index (χ1n) is 7.26. The fourth-order valence-corrected chi connectivity index (χ4v) is 3.35. The largest absolute Gasteiger partial charge is 0.495 e. The summed E-state index contributed by atoms with van der Waals surface area (Å²) in [7, 11) is 1.56. The highest BCUT2D eigenvalue weighted by Crippen LogP contribution is 2.27. The van der Waals surface area contributed by atoms with E-state index in [9.17, 15) is 4.79 Å². The maximum atomic E-state index is 12.7. The topological polar surface area (TPSA) is 71.9 Å².